The number of benzene rings is 3. The molecule has 2 aliphatic heterocycles. The molecule has 3 N–H and O–H groups in total. The van der Waals surface area contributed by atoms with Crippen LogP contribution in [0.5, 0.6) is 0 Å². The first-order valence-corrected chi connectivity index (χ1v) is 15.8. The molecule has 0 spiro atoms. The topological polar surface area (TPSA) is 114 Å². The zero-order valence-corrected chi connectivity index (χ0v) is 26.2. The van der Waals surface area contributed by atoms with Gasteiger partial charge < -0.3 is 30.2 Å². The number of hydrogen-bond acceptors (Lipinski definition) is 6. The van der Waals surface area contributed by atoms with Crippen LogP contribution >= 0.6 is 0 Å². The first-order valence-electron chi connectivity index (χ1n) is 15.8. The third-order valence-electron chi connectivity index (χ3n) is 8.96. The van der Waals surface area contributed by atoms with Crippen LogP contribution in [0.3, 0.4) is 0 Å². The van der Waals surface area contributed by atoms with E-state index >= 15 is 0 Å². The first-order chi connectivity index (χ1) is 21.6. The predicted octanol–water partition coefficient (Wildman–Crippen LogP) is 6.11. The van der Waals surface area contributed by atoms with Gasteiger partial charge in [0, 0.05) is 65.8 Å². The largest absolute Gasteiger partial charge is 0.465 e. The molecule has 0 bridgehead atoms. The van der Waals surface area contributed by atoms with Crippen molar-refractivity contribution in [2.75, 3.05) is 36.4 Å². The number of amides is 2. The van der Waals surface area contributed by atoms with Crippen molar-refractivity contribution < 1.29 is 19.8 Å². The molecule has 0 aliphatic carbocycles. The Morgan fingerprint density at radius 3 is 2.09 bits per heavy atom. The number of likely N-dealkylation sites (tertiary alicyclic amines) is 1. The highest BCUT2D eigenvalue weighted by Crippen LogP contribution is 2.28. The van der Waals surface area contributed by atoms with Crippen molar-refractivity contribution in [2.45, 2.75) is 64.1 Å². The van der Waals surface area contributed by atoms with Crippen LogP contribution in [0.15, 0.2) is 72.9 Å². The van der Waals surface area contributed by atoms with Crippen LogP contribution in [0.1, 0.15) is 56.8 Å². The SMILES string of the molecule is CC(C)(C)N(C(=O)O)C1CCN(C(=O)c2ccc(-n3ncc4cc(Nc5ccc(N6CCC(O)CC6)cc5)ccc43)cc2)CC1. The van der Waals surface area contributed by atoms with Crippen LogP contribution in [0.4, 0.5) is 21.9 Å². The number of aliphatic hydroxyl groups excluding tert-OH is 1. The van der Waals surface area contributed by atoms with Gasteiger partial charge in [0.05, 0.1) is 23.5 Å². The zero-order chi connectivity index (χ0) is 31.7. The third-order valence-corrected chi connectivity index (χ3v) is 8.96. The summed E-state index contributed by atoms with van der Waals surface area (Å²) in [6, 6.07) is 21.9. The van der Waals surface area contributed by atoms with Crippen LogP contribution in [0.2, 0.25) is 0 Å². The Balaban J connectivity index is 1.08. The van der Waals surface area contributed by atoms with E-state index in [9.17, 15) is 19.8 Å². The van der Waals surface area contributed by atoms with Crippen LogP contribution < -0.4 is 10.2 Å². The van der Waals surface area contributed by atoms with E-state index in [0.717, 1.165) is 53.9 Å². The van der Waals surface area contributed by atoms with Crippen LogP contribution in [0, 0.1) is 0 Å². The molecular formula is C35H42N6O4. The van der Waals surface area contributed by atoms with Gasteiger partial charge in [0.2, 0.25) is 0 Å². The van der Waals surface area contributed by atoms with E-state index in [1.165, 1.54) is 10.6 Å². The molecule has 1 aromatic heterocycles. The molecule has 6 rings (SSSR count). The van der Waals surface area contributed by atoms with E-state index < -0.39 is 11.6 Å². The maximum atomic E-state index is 13.3. The molecular weight excluding hydrogens is 568 g/mol. The summed E-state index contributed by atoms with van der Waals surface area (Å²) in [7, 11) is 0. The molecule has 10 heteroatoms. The van der Waals surface area contributed by atoms with E-state index in [1.807, 2.05) is 72.9 Å². The molecule has 0 saturated carbocycles. The van der Waals surface area contributed by atoms with E-state index in [0.29, 0.717) is 31.5 Å². The van der Waals surface area contributed by atoms with Crippen molar-refractivity contribution in [3.8, 4) is 5.69 Å². The summed E-state index contributed by atoms with van der Waals surface area (Å²) < 4.78 is 1.87. The summed E-state index contributed by atoms with van der Waals surface area (Å²) in [4.78, 5) is 30.8. The summed E-state index contributed by atoms with van der Waals surface area (Å²) in [5, 5.41) is 28.6. The maximum Gasteiger partial charge on any atom is 0.407 e. The van der Waals surface area contributed by atoms with Crippen molar-refractivity contribution in [1.82, 2.24) is 19.6 Å². The number of aromatic nitrogens is 2. The molecule has 3 heterocycles. The molecule has 2 saturated heterocycles. The van der Waals surface area contributed by atoms with Gasteiger partial charge in [0.25, 0.3) is 5.91 Å². The zero-order valence-electron chi connectivity index (χ0n) is 26.2. The molecule has 45 heavy (non-hydrogen) atoms. The molecule has 0 unspecified atom stereocenters. The average Bonchev–Trinajstić information content (AvgIpc) is 3.44. The number of carboxylic acid groups (broad SMARTS) is 1. The van der Waals surface area contributed by atoms with E-state index in [4.69, 9.17) is 0 Å². The third kappa shape index (κ3) is 6.61. The summed E-state index contributed by atoms with van der Waals surface area (Å²) in [5.41, 5.74) is 5.09. The number of nitrogens with one attached hydrogen (secondary N) is 1. The number of nitrogens with zero attached hydrogens (tertiary/aromatic N) is 5. The van der Waals surface area contributed by atoms with Gasteiger partial charge in [0.1, 0.15) is 0 Å². The summed E-state index contributed by atoms with van der Waals surface area (Å²) >= 11 is 0. The minimum absolute atomic E-state index is 0.0403. The molecule has 2 fully saturated rings. The van der Waals surface area contributed by atoms with Gasteiger partial charge in [-0.3, -0.25) is 4.79 Å². The van der Waals surface area contributed by atoms with Crippen molar-refractivity contribution in [3.63, 3.8) is 0 Å². The van der Waals surface area contributed by atoms with Gasteiger partial charge in [-0.2, -0.15) is 5.10 Å². The highest BCUT2D eigenvalue weighted by molar-refractivity contribution is 5.94. The number of fused-ring (bicyclic) bond motifs is 1. The number of carbonyl (C=O) groups excluding carboxylic acids is 1. The lowest BCUT2D eigenvalue weighted by Crippen LogP contribution is -2.55. The Morgan fingerprint density at radius 1 is 0.844 bits per heavy atom. The minimum Gasteiger partial charge on any atom is -0.465 e. The number of piperidine rings is 2. The second kappa shape index (κ2) is 12.4. The van der Waals surface area contributed by atoms with Crippen molar-refractivity contribution in [2.24, 2.45) is 0 Å². The van der Waals surface area contributed by atoms with Crippen molar-refractivity contribution in [1.29, 1.82) is 0 Å². The van der Waals surface area contributed by atoms with Crippen LogP contribution in [0.25, 0.3) is 16.6 Å². The lowest BCUT2D eigenvalue weighted by Gasteiger charge is -2.43. The predicted molar refractivity (Wildman–Crippen MR) is 177 cm³/mol. The Morgan fingerprint density at radius 2 is 1.47 bits per heavy atom. The molecule has 236 valence electrons. The van der Waals surface area contributed by atoms with Crippen LogP contribution in [-0.4, -0.2) is 85.7 Å². The quantitative estimate of drug-likeness (QED) is 0.241. The fourth-order valence-corrected chi connectivity index (χ4v) is 6.61. The second-order valence-corrected chi connectivity index (χ2v) is 13.1. The molecule has 0 radical (unpaired) electrons. The van der Waals surface area contributed by atoms with Gasteiger partial charge in [-0.25, -0.2) is 9.48 Å². The Hall–Kier alpha value is -4.57. The van der Waals surface area contributed by atoms with Gasteiger partial charge in [0.15, 0.2) is 0 Å². The number of carbonyl (C=O) groups is 2. The highest BCUT2D eigenvalue weighted by Gasteiger charge is 2.36. The van der Waals surface area contributed by atoms with Gasteiger partial charge in [-0.1, -0.05) is 0 Å². The van der Waals surface area contributed by atoms with Gasteiger partial charge >= 0.3 is 6.09 Å². The summed E-state index contributed by atoms with van der Waals surface area (Å²) in [6.07, 6.45) is 3.61. The van der Waals surface area contributed by atoms with Gasteiger partial charge in [-0.05, 0) is 113 Å². The molecule has 2 amide bonds. The number of anilines is 3. The summed E-state index contributed by atoms with van der Waals surface area (Å²) in [6.45, 7) is 8.52. The van der Waals surface area contributed by atoms with E-state index in [-0.39, 0.29) is 18.1 Å². The standard InChI is InChI=1S/C35H42N6O4/c1-35(2,3)40(34(44)45)29-14-18-39(19-15-29)33(43)24-4-9-30(10-5-24)41-32-13-8-27(22-25(32)23-36-41)37-26-6-11-28(12-7-26)38-20-16-31(42)17-21-38/h4-13,22-23,29,31,37,42H,14-21H2,1-3H3,(H,44,45). The normalized spacial score (nSPS) is 16.6. The van der Waals surface area contributed by atoms with E-state index in [1.54, 1.807) is 0 Å². The lowest BCUT2D eigenvalue weighted by atomic mass is 9.96. The molecule has 3 aromatic carbocycles. The monoisotopic (exact) mass is 610 g/mol. The average molecular weight is 611 g/mol. The highest BCUT2D eigenvalue weighted by atomic mass is 16.4. The van der Waals surface area contributed by atoms with Crippen molar-refractivity contribution in [3.05, 3.63) is 78.5 Å². The Labute approximate surface area is 263 Å². The number of aliphatic hydroxyl groups is 1. The van der Waals surface area contributed by atoms with Gasteiger partial charge in [-0.15, -0.1) is 0 Å². The fourth-order valence-electron chi connectivity index (χ4n) is 6.61. The molecule has 10 nitrogen and oxygen atoms in total. The fraction of sp³-hybridized carbons (Fsp3) is 0.400. The van der Waals surface area contributed by atoms with Crippen LogP contribution in [-0.2, 0) is 0 Å². The Bertz CT molecular complexity index is 1640. The molecule has 0 atom stereocenters. The van der Waals surface area contributed by atoms with E-state index in [2.05, 4.69) is 45.6 Å². The number of hydrogen-bond donors (Lipinski definition) is 3. The smallest absolute Gasteiger partial charge is 0.407 e. The second-order valence-electron chi connectivity index (χ2n) is 13.1. The van der Waals surface area contributed by atoms with Crippen molar-refractivity contribution >= 4 is 40.0 Å². The molecule has 4 aromatic rings. The summed E-state index contributed by atoms with van der Waals surface area (Å²) in [5.74, 6) is -0.0403. The maximum absolute atomic E-state index is 13.3. The molecule has 2 aliphatic rings. The Kier molecular flexibility index (Phi) is 8.42. The first kappa shape index (κ1) is 30.5. The number of rotatable bonds is 6. The minimum atomic E-state index is -0.914. The lowest BCUT2D eigenvalue weighted by molar-refractivity contribution is 0.0384.